The minimum Gasteiger partial charge on any atom is -0.365 e. The van der Waals surface area contributed by atoms with Gasteiger partial charge in [-0.1, -0.05) is 159 Å². The molecule has 0 amide bonds. The van der Waals surface area contributed by atoms with Gasteiger partial charge in [-0.2, -0.15) is 9.90 Å². The number of tetrazole rings is 2. The molecule has 0 spiro atoms. The van der Waals surface area contributed by atoms with Crippen LogP contribution in [-0.2, 0) is 24.1 Å². The Balaban J connectivity index is 0.000000152. The maximum absolute atomic E-state index is 11.0. The molecule has 8 aromatic rings. The number of aryl methyl sites for hydroxylation is 2. The fourth-order valence-corrected chi connectivity index (χ4v) is 7.55. The van der Waals surface area contributed by atoms with Crippen LogP contribution in [0.15, 0.2) is 139 Å². The molecule has 1 aliphatic heterocycles. The number of hydrogen-bond acceptors (Lipinski definition) is 10. The third kappa shape index (κ3) is 8.56. The summed E-state index contributed by atoms with van der Waals surface area (Å²) in [5.74, 6) is 1.27. The standard InChI is InChI=1S/C22H17N5.C11H8O.C10H10O.CH3N5.2CH4/c1-3-9-16-14(6-1)8-5-11-18(16)21-20-17-10-4-2-7-15(17)12-13-19(20)23-22-24-25-26-27(21)22;12-8-10-6-3-5-9-4-1-2-7-11(9)10;11-10-6-5-8-3-1-2-4-9(8)7-10;2-1-3-5-6-4-1;;/h1-11,21H,12-13H2,(H,23,24,26);1-8H;1-4H,5-7H2;(H3,2,3,4,5,6);2*1H4. The van der Waals surface area contributed by atoms with Crippen molar-refractivity contribution < 1.29 is 9.59 Å². The molecule has 0 fully saturated rings. The van der Waals surface area contributed by atoms with Gasteiger partial charge >= 0.3 is 0 Å². The van der Waals surface area contributed by atoms with Gasteiger partial charge in [0.05, 0.1) is 0 Å². The number of H-pyrrole nitrogens is 1. The summed E-state index contributed by atoms with van der Waals surface area (Å²) in [5.41, 5.74) is 14.7. The van der Waals surface area contributed by atoms with Crippen molar-refractivity contribution in [2.75, 3.05) is 11.1 Å². The maximum atomic E-state index is 11.0. The number of benzene rings is 6. The first-order chi connectivity index (χ1) is 27.6. The summed E-state index contributed by atoms with van der Waals surface area (Å²) < 4.78 is 1.92. The minimum atomic E-state index is -0.0428. The second-order valence-corrected chi connectivity index (χ2v) is 13.5. The summed E-state index contributed by atoms with van der Waals surface area (Å²) in [6, 6.07) is 45.4. The second kappa shape index (κ2) is 18.5. The maximum Gasteiger partial charge on any atom is 0.260 e. The van der Waals surface area contributed by atoms with Gasteiger partial charge in [-0.15, -0.1) is 5.10 Å². The number of nitrogens with two attached hydrogens (primary N) is 1. The van der Waals surface area contributed by atoms with E-state index in [-0.39, 0.29) is 26.8 Å². The molecule has 3 heterocycles. The number of Topliss-reactive ketones (excluding diaryl/α,β-unsaturated/α-hetero) is 1. The van der Waals surface area contributed by atoms with E-state index in [4.69, 9.17) is 5.73 Å². The van der Waals surface area contributed by atoms with Crippen LogP contribution < -0.4 is 11.1 Å². The molecule has 58 heavy (non-hydrogen) atoms. The van der Waals surface area contributed by atoms with E-state index < -0.39 is 0 Å². The predicted octanol–water partition coefficient (Wildman–Crippen LogP) is 8.65. The van der Waals surface area contributed by atoms with Gasteiger partial charge in [-0.3, -0.25) is 9.59 Å². The Kier molecular flexibility index (Phi) is 12.9. The Morgan fingerprint density at radius 3 is 2.03 bits per heavy atom. The lowest BCUT2D eigenvalue weighted by Gasteiger charge is -2.34. The van der Waals surface area contributed by atoms with Crippen molar-refractivity contribution in [3.05, 3.63) is 173 Å². The molecule has 0 radical (unpaired) electrons. The van der Waals surface area contributed by atoms with Crippen molar-refractivity contribution in [3.63, 3.8) is 0 Å². The summed E-state index contributed by atoms with van der Waals surface area (Å²) in [7, 11) is 0. The number of aldehydes is 1. The Hall–Kier alpha value is -7.34. The zero-order chi connectivity index (χ0) is 38.3. The molecule has 11 rings (SSSR count). The van der Waals surface area contributed by atoms with Crippen molar-refractivity contribution >= 4 is 51.1 Å². The average molecular weight is 771 g/mol. The van der Waals surface area contributed by atoms with E-state index >= 15 is 0 Å². The van der Waals surface area contributed by atoms with Gasteiger partial charge < -0.3 is 11.1 Å². The number of aromatic amines is 1. The molecule has 6 aromatic carbocycles. The Labute approximate surface area is 337 Å². The first-order valence-electron chi connectivity index (χ1n) is 18.4. The highest BCUT2D eigenvalue weighted by atomic mass is 16.1. The van der Waals surface area contributed by atoms with Gasteiger partial charge in [-0.25, -0.2) is 0 Å². The molecule has 0 saturated carbocycles. The highest BCUT2D eigenvalue weighted by molar-refractivity contribution is 5.98. The van der Waals surface area contributed by atoms with E-state index in [1.54, 1.807) is 0 Å². The molecule has 0 bridgehead atoms. The van der Waals surface area contributed by atoms with Crippen LogP contribution in [0, 0.1) is 0 Å². The number of aromatic nitrogens is 8. The van der Waals surface area contributed by atoms with Gasteiger partial charge in [-0.05, 0) is 84.3 Å². The highest BCUT2D eigenvalue weighted by Crippen LogP contribution is 2.46. The molecular formula is C46H46N10O2. The summed E-state index contributed by atoms with van der Waals surface area (Å²) in [6.45, 7) is 0. The number of carbonyl (C=O) groups is 2. The number of nitrogen functional groups attached to an aromatic ring is 1. The van der Waals surface area contributed by atoms with Crippen LogP contribution in [-0.4, -0.2) is 52.9 Å². The summed E-state index contributed by atoms with van der Waals surface area (Å²) in [6.07, 6.45) is 5.22. The molecule has 12 heteroatoms. The number of rotatable bonds is 2. The first kappa shape index (κ1) is 40.3. The SMILES string of the molecule is C.C.Nc1nn[nH]n1.O=C1CCc2ccccc2C1.O=Cc1cccc2ccccc12.c1ccc2c(c1)CCC1=C2C(c2cccc3ccccc23)n2nnnc2N1. The number of anilines is 2. The quantitative estimate of drug-likeness (QED) is 0.145. The molecule has 3 aliphatic rings. The first-order valence-corrected chi connectivity index (χ1v) is 18.4. The van der Waals surface area contributed by atoms with Crippen molar-refractivity contribution in [1.82, 2.24) is 40.8 Å². The zero-order valence-corrected chi connectivity index (χ0v) is 30.4. The van der Waals surface area contributed by atoms with Crippen molar-refractivity contribution in [2.45, 2.75) is 53.0 Å². The van der Waals surface area contributed by atoms with E-state index in [1.165, 1.54) is 49.9 Å². The fourth-order valence-electron chi connectivity index (χ4n) is 7.55. The smallest absolute Gasteiger partial charge is 0.260 e. The number of ketones is 1. The van der Waals surface area contributed by atoms with Crippen LogP contribution in [0.3, 0.4) is 0 Å². The number of fused-ring (bicyclic) bond motifs is 6. The topological polar surface area (TPSA) is 170 Å². The van der Waals surface area contributed by atoms with Gasteiger partial charge in [0.25, 0.3) is 5.95 Å². The van der Waals surface area contributed by atoms with Crippen LogP contribution in [0.1, 0.15) is 71.9 Å². The minimum absolute atomic E-state index is 0. The van der Waals surface area contributed by atoms with Crippen molar-refractivity contribution in [1.29, 1.82) is 0 Å². The average Bonchev–Trinajstić information content (AvgIpc) is 3.94. The zero-order valence-electron chi connectivity index (χ0n) is 30.4. The van der Waals surface area contributed by atoms with Gasteiger partial charge in [0.1, 0.15) is 11.8 Å². The van der Waals surface area contributed by atoms with E-state index in [9.17, 15) is 9.59 Å². The largest absolute Gasteiger partial charge is 0.365 e. The molecule has 12 nitrogen and oxygen atoms in total. The summed E-state index contributed by atoms with van der Waals surface area (Å²) in [5, 5.41) is 32.6. The summed E-state index contributed by atoms with van der Waals surface area (Å²) in [4.78, 5) is 21.6. The molecule has 292 valence electrons. The number of carbonyl (C=O) groups excluding carboxylic acids is 2. The Bertz CT molecular complexity index is 2680. The van der Waals surface area contributed by atoms with Crippen molar-refractivity contribution in [3.8, 4) is 0 Å². The summed E-state index contributed by atoms with van der Waals surface area (Å²) >= 11 is 0. The third-order valence-electron chi connectivity index (χ3n) is 10.2. The van der Waals surface area contributed by atoms with E-state index in [0.717, 1.165) is 48.3 Å². The number of hydrogen-bond donors (Lipinski definition) is 3. The lowest BCUT2D eigenvalue weighted by molar-refractivity contribution is -0.118. The number of allylic oxidation sites excluding steroid dienone is 2. The van der Waals surface area contributed by atoms with Crippen LogP contribution >= 0.6 is 0 Å². The Morgan fingerprint density at radius 2 is 1.31 bits per heavy atom. The molecule has 4 N–H and O–H groups in total. The van der Waals surface area contributed by atoms with E-state index in [0.29, 0.717) is 18.2 Å². The van der Waals surface area contributed by atoms with Crippen LogP contribution in [0.5, 0.6) is 0 Å². The monoisotopic (exact) mass is 770 g/mol. The van der Waals surface area contributed by atoms with Gasteiger partial charge in [0.15, 0.2) is 6.29 Å². The van der Waals surface area contributed by atoms with Gasteiger partial charge in [0, 0.05) is 29.7 Å². The lowest BCUT2D eigenvalue weighted by Crippen LogP contribution is -2.27. The number of nitrogens with zero attached hydrogens (tertiary/aromatic N) is 7. The Morgan fingerprint density at radius 1 is 0.672 bits per heavy atom. The van der Waals surface area contributed by atoms with Crippen LogP contribution in [0.4, 0.5) is 11.9 Å². The number of nitrogens with one attached hydrogen (secondary N) is 2. The van der Waals surface area contributed by atoms with E-state index in [1.807, 2.05) is 65.3 Å². The lowest BCUT2D eigenvalue weighted by atomic mass is 9.81. The normalized spacial score (nSPS) is 14.3. The highest BCUT2D eigenvalue weighted by Gasteiger charge is 2.35. The molecule has 2 aromatic heterocycles. The molecule has 2 aliphatic carbocycles. The fraction of sp³-hybridized carbons (Fsp3) is 0.174. The third-order valence-corrected chi connectivity index (χ3v) is 10.2. The molecular weight excluding hydrogens is 725 g/mol. The van der Waals surface area contributed by atoms with Crippen LogP contribution in [0.25, 0.3) is 27.1 Å². The molecule has 0 saturated heterocycles. The van der Waals surface area contributed by atoms with Crippen LogP contribution in [0.2, 0.25) is 0 Å². The predicted molar refractivity (Wildman–Crippen MR) is 230 cm³/mol. The van der Waals surface area contributed by atoms with Crippen molar-refractivity contribution in [2.24, 2.45) is 0 Å². The second-order valence-electron chi connectivity index (χ2n) is 13.5. The molecule has 1 atom stereocenters. The molecule has 1 unspecified atom stereocenters. The van der Waals surface area contributed by atoms with E-state index in [2.05, 4.69) is 114 Å². The van der Waals surface area contributed by atoms with Gasteiger partial charge in [0.2, 0.25) is 5.95 Å².